The monoisotopic (exact) mass is 355 g/mol. The molecule has 0 heterocycles. The molecule has 0 atom stereocenters. The number of benzene rings is 2. The molecule has 0 radical (unpaired) electrons. The first-order chi connectivity index (χ1) is 12.4. The number of hydrogen-bond donors (Lipinski definition) is 3. The van der Waals surface area contributed by atoms with Gasteiger partial charge < -0.3 is 20.7 Å². The van der Waals surface area contributed by atoms with Gasteiger partial charge in [0.05, 0.1) is 19.3 Å². The van der Waals surface area contributed by atoms with Crippen molar-refractivity contribution in [3.05, 3.63) is 59.7 Å². The summed E-state index contributed by atoms with van der Waals surface area (Å²) in [6.07, 6.45) is 0.143. The molecule has 3 N–H and O–H groups in total. The van der Waals surface area contributed by atoms with Crippen LogP contribution in [0.5, 0.6) is 0 Å². The van der Waals surface area contributed by atoms with Crippen LogP contribution in [0.2, 0.25) is 0 Å². The van der Waals surface area contributed by atoms with Crippen LogP contribution in [0.3, 0.4) is 0 Å². The van der Waals surface area contributed by atoms with Gasteiger partial charge in [0.1, 0.15) is 0 Å². The van der Waals surface area contributed by atoms with Gasteiger partial charge in [-0.05, 0) is 56.2 Å². The molecule has 6 heteroatoms. The number of anilines is 2. The van der Waals surface area contributed by atoms with E-state index in [4.69, 9.17) is 4.74 Å². The Morgan fingerprint density at radius 1 is 1.00 bits per heavy atom. The molecule has 138 valence electrons. The SMILES string of the molecule is Cc1cccc(NC(=O)NCC(=O)Nc2cccc(COC(C)C)c2)c1. The normalized spacial score (nSPS) is 10.5. The van der Waals surface area contributed by atoms with Crippen molar-refractivity contribution in [3.63, 3.8) is 0 Å². The molecule has 0 aliphatic carbocycles. The Morgan fingerprint density at radius 3 is 2.38 bits per heavy atom. The molecule has 0 bridgehead atoms. The summed E-state index contributed by atoms with van der Waals surface area (Å²) < 4.78 is 5.55. The minimum Gasteiger partial charge on any atom is -0.374 e. The van der Waals surface area contributed by atoms with E-state index >= 15 is 0 Å². The number of amides is 3. The van der Waals surface area contributed by atoms with Crippen molar-refractivity contribution in [1.29, 1.82) is 0 Å². The third-order valence-corrected chi connectivity index (χ3v) is 3.48. The fourth-order valence-electron chi connectivity index (χ4n) is 2.27. The second-order valence-electron chi connectivity index (χ2n) is 6.29. The van der Waals surface area contributed by atoms with Gasteiger partial charge in [-0.15, -0.1) is 0 Å². The predicted molar refractivity (Wildman–Crippen MR) is 103 cm³/mol. The van der Waals surface area contributed by atoms with Crippen molar-refractivity contribution in [2.45, 2.75) is 33.5 Å². The molecule has 0 saturated heterocycles. The van der Waals surface area contributed by atoms with E-state index in [-0.39, 0.29) is 18.6 Å². The van der Waals surface area contributed by atoms with Crippen LogP contribution in [0, 0.1) is 6.92 Å². The van der Waals surface area contributed by atoms with E-state index < -0.39 is 6.03 Å². The van der Waals surface area contributed by atoms with Crippen LogP contribution >= 0.6 is 0 Å². The highest BCUT2D eigenvalue weighted by Crippen LogP contribution is 2.12. The Kier molecular flexibility index (Phi) is 7.17. The molecule has 2 aromatic carbocycles. The Morgan fingerprint density at radius 2 is 1.69 bits per heavy atom. The lowest BCUT2D eigenvalue weighted by atomic mass is 10.2. The summed E-state index contributed by atoms with van der Waals surface area (Å²) in [5, 5.41) is 7.99. The molecule has 3 amide bonds. The Labute approximate surface area is 153 Å². The van der Waals surface area contributed by atoms with Crippen LogP contribution in [0.25, 0.3) is 0 Å². The summed E-state index contributed by atoms with van der Waals surface area (Å²) in [7, 11) is 0. The lowest BCUT2D eigenvalue weighted by Crippen LogP contribution is -2.35. The first kappa shape index (κ1) is 19.5. The summed E-state index contributed by atoms with van der Waals surface area (Å²) in [5.41, 5.74) is 3.37. The van der Waals surface area contributed by atoms with Gasteiger partial charge in [0, 0.05) is 11.4 Å². The van der Waals surface area contributed by atoms with E-state index in [1.54, 1.807) is 12.1 Å². The van der Waals surface area contributed by atoms with Crippen LogP contribution in [0.1, 0.15) is 25.0 Å². The number of rotatable bonds is 7. The van der Waals surface area contributed by atoms with Crippen molar-refractivity contribution in [2.75, 3.05) is 17.2 Å². The summed E-state index contributed by atoms with van der Waals surface area (Å²) in [6.45, 7) is 6.25. The first-order valence-electron chi connectivity index (χ1n) is 8.54. The van der Waals surface area contributed by atoms with Crippen molar-refractivity contribution in [1.82, 2.24) is 5.32 Å². The van der Waals surface area contributed by atoms with Gasteiger partial charge in [0.25, 0.3) is 0 Å². The van der Waals surface area contributed by atoms with Crippen molar-refractivity contribution in [2.24, 2.45) is 0 Å². The number of hydrogen-bond acceptors (Lipinski definition) is 3. The molecule has 0 aromatic heterocycles. The molecular weight excluding hydrogens is 330 g/mol. The zero-order valence-corrected chi connectivity index (χ0v) is 15.3. The number of urea groups is 1. The summed E-state index contributed by atoms with van der Waals surface area (Å²) >= 11 is 0. The summed E-state index contributed by atoms with van der Waals surface area (Å²) in [5.74, 6) is -0.300. The lowest BCUT2D eigenvalue weighted by molar-refractivity contribution is -0.115. The molecular formula is C20H25N3O3. The van der Waals surface area contributed by atoms with Gasteiger partial charge in [0.15, 0.2) is 0 Å². The molecule has 0 unspecified atom stereocenters. The van der Waals surface area contributed by atoms with E-state index in [2.05, 4.69) is 16.0 Å². The van der Waals surface area contributed by atoms with E-state index in [1.807, 2.05) is 57.2 Å². The van der Waals surface area contributed by atoms with Crippen LogP contribution in [0.4, 0.5) is 16.2 Å². The van der Waals surface area contributed by atoms with Crippen LogP contribution in [-0.2, 0) is 16.1 Å². The highest BCUT2D eigenvalue weighted by atomic mass is 16.5. The Balaban J connectivity index is 1.79. The van der Waals surface area contributed by atoms with E-state index in [9.17, 15) is 9.59 Å². The number of carbonyl (C=O) groups is 2. The quantitative estimate of drug-likeness (QED) is 0.709. The molecule has 26 heavy (non-hydrogen) atoms. The minimum absolute atomic E-state index is 0.121. The topological polar surface area (TPSA) is 79.5 Å². The molecule has 2 aromatic rings. The van der Waals surface area contributed by atoms with Crippen LogP contribution in [0.15, 0.2) is 48.5 Å². The molecule has 0 aliphatic heterocycles. The average Bonchev–Trinajstić information content (AvgIpc) is 2.58. The smallest absolute Gasteiger partial charge is 0.319 e. The fraction of sp³-hybridized carbons (Fsp3) is 0.300. The molecule has 0 aliphatic rings. The molecule has 0 spiro atoms. The Bertz CT molecular complexity index is 759. The van der Waals surface area contributed by atoms with Gasteiger partial charge in [-0.1, -0.05) is 24.3 Å². The Hall–Kier alpha value is -2.86. The standard InChI is InChI=1S/C20H25N3O3/c1-14(2)26-13-16-7-5-9-18(11-16)22-19(24)12-21-20(25)23-17-8-4-6-15(3)10-17/h4-11,14H,12-13H2,1-3H3,(H,22,24)(H2,21,23,25). The van der Waals surface area contributed by atoms with Crippen molar-refractivity contribution in [3.8, 4) is 0 Å². The third-order valence-electron chi connectivity index (χ3n) is 3.48. The maximum atomic E-state index is 12.0. The molecule has 2 rings (SSSR count). The average molecular weight is 355 g/mol. The number of ether oxygens (including phenoxy) is 1. The van der Waals surface area contributed by atoms with Gasteiger partial charge in [-0.25, -0.2) is 4.79 Å². The summed E-state index contributed by atoms with van der Waals surface area (Å²) in [6, 6.07) is 14.4. The largest absolute Gasteiger partial charge is 0.374 e. The number of nitrogens with one attached hydrogen (secondary N) is 3. The number of carbonyl (C=O) groups excluding carboxylic acids is 2. The summed E-state index contributed by atoms with van der Waals surface area (Å²) in [4.78, 5) is 23.9. The second-order valence-corrected chi connectivity index (χ2v) is 6.29. The fourth-order valence-corrected chi connectivity index (χ4v) is 2.27. The maximum Gasteiger partial charge on any atom is 0.319 e. The highest BCUT2D eigenvalue weighted by Gasteiger charge is 2.07. The molecule has 0 fully saturated rings. The first-order valence-corrected chi connectivity index (χ1v) is 8.54. The van der Waals surface area contributed by atoms with Gasteiger partial charge in [-0.2, -0.15) is 0 Å². The lowest BCUT2D eigenvalue weighted by Gasteiger charge is -2.11. The van der Waals surface area contributed by atoms with Crippen molar-refractivity contribution < 1.29 is 14.3 Å². The van der Waals surface area contributed by atoms with E-state index in [0.29, 0.717) is 18.0 Å². The zero-order valence-electron chi connectivity index (χ0n) is 15.3. The molecule has 6 nitrogen and oxygen atoms in total. The third kappa shape index (κ3) is 6.94. The number of aryl methyl sites for hydroxylation is 1. The van der Waals surface area contributed by atoms with Gasteiger partial charge in [-0.3, -0.25) is 4.79 Å². The van der Waals surface area contributed by atoms with Crippen LogP contribution < -0.4 is 16.0 Å². The zero-order chi connectivity index (χ0) is 18.9. The van der Waals surface area contributed by atoms with Gasteiger partial charge >= 0.3 is 6.03 Å². The van der Waals surface area contributed by atoms with Crippen LogP contribution in [-0.4, -0.2) is 24.6 Å². The van der Waals surface area contributed by atoms with E-state index in [0.717, 1.165) is 11.1 Å². The molecule has 0 saturated carbocycles. The second kappa shape index (κ2) is 9.58. The maximum absolute atomic E-state index is 12.0. The van der Waals surface area contributed by atoms with Gasteiger partial charge in [0.2, 0.25) is 5.91 Å². The predicted octanol–water partition coefficient (Wildman–Crippen LogP) is 3.68. The highest BCUT2D eigenvalue weighted by molar-refractivity contribution is 5.97. The van der Waals surface area contributed by atoms with E-state index in [1.165, 1.54) is 0 Å². The van der Waals surface area contributed by atoms with Crippen molar-refractivity contribution >= 4 is 23.3 Å². The minimum atomic E-state index is -0.426.